The number of allylic oxidation sites excluding steroid dienone is 2. The van der Waals surface area contributed by atoms with Gasteiger partial charge in [0.15, 0.2) is 0 Å². The van der Waals surface area contributed by atoms with E-state index in [1.807, 2.05) is 33.1 Å². The Hall–Kier alpha value is -0.920. The average Bonchev–Trinajstić information content (AvgIpc) is 1.99. The van der Waals surface area contributed by atoms with E-state index in [4.69, 9.17) is 0 Å². The first-order chi connectivity index (χ1) is 4.70. The molecule has 0 saturated carbocycles. The van der Waals surface area contributed by atoms with E-state index < -0.39 is 0 Å². The Kier molecular flexibility index (Phi) is 4.46. The maximum Gasteiger partial charge on any atom is 0.119 e. The molecular weight excluding hydrogens is 124 g/mol. The van der Waals surface area contributed by atoms with Crippen molar-refractivity contribution in [3.8, 4) is 0 Å². The van der Waals surface area contributed by atoms with Crippen LogP contribution in [0.2, 0.25) is 0 Å². The van der Waals surface area contributed by atoms with Gasteiger partial charge in [0.05, 0.1) is 0 Å². The van der Waals surface area contributed by atoms with E-state index in [-0.39, 0.29) is 0 Å². The summed E-state index contributed by atoms with van der Waals surface area (Å²) < 4.78 is 0. The Bertz CT molecular complexity index is 156. The Labute approximate surface area is 62.4 Å². The van der Waals surface area contributed by atoms with Crippen LogP contribution in [-0.2, 0) is 0 Å². The first-order valence-electron chi connectivity index (χ1n) is 3.31. The zero-order chi connectivity index (χ0) is 7.98. The SMILES string of the molecule is C/C=C(\C)C=NC(C)=NC. The van der Waals surface area contributed by atoms with Crippen molar-refractivity contribution in [2.45, 2.75) is 20.8 Å². The molecule has 2 nitrogen and oxygen atoms in total. The van der Waals surface area contributed by atoms with Crippen LogP contribution in [0.25, 0.3) is 0 Å². The van der Waals surface area contributed by atoms with Gasteiger partial charge in [0.25, 0.3) is 0 Å². The van der Waals surface area contributed by atoms with E-state index >= 15 is 0 Å². The van der Waals surface area contributed by atoms with Gasteiger partial charge in [-0.2, -0.15) is 0 Å². The van der Waals surface area contributed by atoms with Gasteiger partial charge in [0, 0.05) is 13.3 Å². The molecule has 0 rings (SSSR count). The van der Waals surface area contributed by atoms with Gasteiger partial charge in [-0.3, -0.25) is 4.99 Å². The third-order valence-corrected chi connectivity index (χ3v) is 1.23. The minimum Gasteiger partial charge on any atom is -0.274 e. The zero-order valence-corrected chi connectivity index (χ0v) is 7.05. The summed E-state index contributed by atoms with van der Waals surface area (Å²) in [5.41, 5.74) is 1.16. The van der Waals surface area contributed by atoms with Crippen LogP contribution >= 0.6 is 0 Å². The average molecular weight is 138 g/mol. The van der Waals surface area contributed by atoms with Crippen LogP contribution in [0.3, 0.4) is 0 Å². The number of rotatable bonds is 1. The molecule has 0 aromatic heterocycles. The van der Waals surface area contributed by atoms with Crippen molar-refractivity contribution in [3.05, 3.63) is 11.6 Å². The molecule has 0 radical (unpaired) electrons. The fourth-order valence-corrected chi connectivity index (χ4v) is 0.328. The van der Waals surface area contributed by atoms with E-state index in [2.05, 4.69) is 9.98 Å². The van der Waals surface area contributed by atoms with Crippen LogP contribution in [0.1, 0.15) is 20.8 Å². The quantitative estimate of drug-likeness (QED) is 0.391. The molecule has 0 unspecified atom stereocenters. The van der Waals surface area contributed by atoms with Crippen molar-refractivity contribution in [2.24, 2.45) is 9.98 Å². The lowest BCUT2D eigenvalue weighted by molar-refractivity contribution is 1.38. The predicted octanol–water partition coefficient (Wildman–Crippen LogP) is 2.07. The maximum atomic E-state index is 4.07. The van der Waals surface area contributed by atoms with Crippen LogP contribution in [-0.4, -0.2) is 19.1 Å². The van der Waals surface area contributed by atoms with Crippen LogP contribution in [0.15, 0.2) is 21.6 Å². The molecule has 0 aliphatic heterocycles. The molecule has 0 aliphatic carbocycles. The molecule has 0 heterocycles. The molecular formula is C8H14N2. The summed E-state index contributed by atoms with van der Waals surface area (Å²) in [5, 5.41) is 0. The molecule has 0 amide bonds. The van der Waals surface area contributed by atoms with Crippen molar-refractivity contribution in [1.29, 1.82) is 0 Å². The highest BCUT2D eigenvalue weighted by molar-refractivity contribution is 5.92. The van der Waals surface area contributed by atoms with Gasteiger partial charge in [0.2, 0.25) is 0 Å². The number of hydrogen-bond donors (Lipinski definition) is 0. The van der Waals surface area contributed by atoms with Gasteiger partial charge >= 0.3 is 0 Å². The highest BCUT2D eigenvalue weighted by Crippen LogP contribution is 1.86. The van der Waals surface area contributed by atoms with Gasteiger partial charge < -0.3 is 0 Å². The van der Waals surface area contributed by atoms with E-state index in [1.165, 1.54) is 0 Å². The third kappa shape index (κ3) is 4.01. The number of nitrogens with zero attached hydrogens (tertiary/aromatic N) is 2. The van der Waals surface area contributed by atoms with Crippen LogP contribution in [0, 0.1) is 0 Å². The van der Waals surface area contributed by atoms with Crippen molar-refractivity contribution in [1.82, 2.24) is 0 Å². The molecule has 56 valence electrons. The molecule has 0 spiro atoms. The van der Waals surface area contributed by atoms with Gasteiger partial charge in [-0.25, -0.2) is 4.99 Å². The highest BCUT2D eigenvalue weighted by atomic mass is 14.9. The van der Waals surface area contributed by atoms with E-state index in [0.29, 0.717) is 0 Å². The Balaban J connectivity index is 4.01. The topological polar surface area (TPSA) is 24.7 Å². The highest BCUT2D eigenvalue weighted by Gasteiger charge is 1.80. The van der Waals surface area contributed by atoms with Gasteiger partial charge in [-0.05, 0) is 26.3 Å². The zero-order valence-electron chi connectivity index (χ0n) is 7.05. The normalized spacial score (nSPS) is 14.8. The van der Waals surface area contributed by atoms with Crippen LogP contribution < -0.4 is 0 Å². The molecule has 0 bridgehead atoms. The summed E-state index contributed by atoms with van der Waals surface area (Å²) >= 11 is 0. The van der Waals surface area contributed by atoms with Crippen molar-refractivity contribution >= 4 is 12.1 Å². The summed E-state index contributed by atoms with van der Waals surface area (Å²) in [5.74, 6) is 0.807. The van der Waals surface area contributed by atoms with Crippen molar-refractivity contribution < 1.29 is 0 Å². The summed E-state index contributed by atoms with van der Waals surface area (Å²) in [6.45, 7) is 5.87. The molecule has 0 atom stereocenters. The Morgan fingerprint density at radius 3 is 2.30 bits per heavy atom. The lowest BCUT2D eigenvalue weighted by Crippen LogP contribution is -1.86. The number of amidine groups is 1. The maximum absolute atomic E-state index is 4.07. The molecule has 0 saturated heterocycles. The fraction of sp³-hybridized carbons (Fsp3) is 0.500. The van der Waals surface area contributed by atoms with Gasteiger partial charge in [0.1, 0.15) is 5.84 Å². The molecule has 0 fully saturated rings. The Morgan fingerprint density at radius 2 is 1.90 bits per heavy atom. The predicted molar refractivity (Wildman–Crippen MR) is 47.0 cm³/mol. The molecule has 0 aromatic carbocycles. The molecule has 0 aromatic rings. The lowest BCUT2D eigenvalue weighted by atomic mass is 10.3. The van der Waals surface area contributed by atoms with E-state index in [1.54, 1.807) is 7.05 Å². The first-order valence-corrected chi connectivity index (χ1v) is 3.31. The minimum absolute atomic E-state index is 0.807. The summed E-state index contributed by atoms with van der Waals surface area (Å²) in [6, 6.07) is 0. The van der Waals surface area contributed by atoms with E-state index in [9.17, 15) is 0 Å². The smallest absolute Gasteiger partial charge is 0.119 e. The molecule has 2 heteroatoms. The molecule has 0 aliphatic rings. The fourth-order valence-electron chi connectivity index (χ4n) is 0.328. The number of hydrogen-bond acceptors (Lipinski definition) is 1. The number of aliphatic imine (C=N–C) groups is 2. The third-order valence-electron chi connectivity index (χ3n) is 1.23. The first kappa shape index (κ1) is 9.08. The second-order valence-electron chi connectivity index (χ2n) is 2.06. The summed E-state index contributed by atoms with van der Waals surface area (Å²) in [7, 11) is 1.73. The second kappa shape index (κ2) is 4.91. The lowest BCUT2D eigenvalue weighted by Gasteiger charge is -1.88. The van der Waals surface area contributed by atoms with Crippen molar-refractivity contribution in [3.63, 3.8) is 0 Å². The Morgan fingerprint density at radius 1 is 1.30 bits per heavy atom. The molecule has 10 heavy (non-hydrogen) atoms. The second-order valence-corrected chi connectivity index (χ2v) is 2.06. The largest absolute Gasteiger partial charge is 0.274 e. The van der Waals surface area contributed by atoms with Crippen LogP contribution in [0.4, 0.5) is 0 Å². The monoisotopic (exact) mass is 138 g/mol. The summed E-state index contributed by atoms with van der Waals surface area (Å²) in [6.07, 6.45) is 3.81. The van der Waals surface area contributed by atoms with Crippen LogP contribution in [0.5, 0.6) is 0 Å². The standard InChI is InChI=1S/C8H14N2/c1-5-7(2)6-10-8(3)9-4/h5-6H,1-4H3/b7-5+,9-8?,10-6?. The van der Waals surface area contributed by atoms with Gasteiger partial charge in [-0.15, -0.1) is 0 Å². The van der Waals surface area contributed by atoms with E-state index in [0.717, 1.165) is 11.4 Å². The summed E-state index contributed by atoms with van der Waals surface area (Å²) in [4.78, 5) is 7.96. The van der Waals surface area contributed by atoms with Crippen molar-refractivity contribution in [2.75, 3.05) is 7.05 Å². The molecule has 0 N–H and O–H groups in total. The van der Waals surface area contributed by atoms with Gasteiger partial charge in [-0.1, -0.05) is 6.08 Å². The minimum atomic E-state index is 0.807.